The van der Waals surface area contributed by atoms with Gasteiger partial charge in [0.05, 0.1) is 7.11 Å². The van der Waals surface area contributed by atoms with Gasteiger partial charge in [-0.2, -0.15) is 5.26 Å². The van der Waals surface area contributed by atoms with E-state index >= 15 is 0 Å². The molecule has 0 fully saturated rings. The lowest BCUT2D eigenvalue weighted by molar-refractivity contribution is 0.412. The molecule has 0 bridgehead atoms. The van der Waals surface area contributed by atoms with Crippen molar-refractivity contribution in [2.24, 2.45) is 7.05 Å². The average molecular weight is 262 g/mol. The van der Waals surface area contributed by atoms with E-state index in [1.54, 1.807) is 18.7 Å². The molecule has 18 heavy (non-hydrogen) atoms. The van der Waals surface area contributed by atoms with Gasteiger partial charge in [0.2, 0.25) is 0 Å². The molecule has 0 saturated heterocycles. The summed E-state index contributed by atoms with van der Waals surface area (Å²) in [7, 11) is 3.42. The van der Waals surface area contributed by atoms with Gasteiger partial charge in [0.1, 0.15) is 22.8 Å². The van der Waals surface area contributed by atoms with Crippen LogP contribution in [0.25, 0.3) is 11.4 Å². The second-order valence-electron chi connectivity index (χ2n) is 3.93. The molecule has 0 radical (unpaired) electrons. The van der Waals surface area contributed by atoms with E-state index in [0.717, 1.165) is 16.9 Å². The maximum absolute atomic E-state index is 8.91. The molecule has 0 N–H and O–H groups in total. The fraction of sp³-hybridized carbons (Fsp3) is 0.231. The molecule has 2 rings (SSSR count). The summed E-state index contributed by atoms with van der Waals surface area (Å²) >= 11 is 6.02. The lowest BCUT2D eigenvalue weighted by Gasteiger charge is -2.07. The Morgan fingerprint density at radius 2 is 2.17 bits per heavy atom. The summed E-state index contributed by atoms with van der Waals surface area (Å²) in [5.74, 6) is 1.49. The first kappa shape index (κ1) is 12.5. The molecule has 0 unspecified atom stereocenters. The van der Waals surface area contributed by atoms with Gasteiger partial charge >= 0.3 is 0 Å². The smallest absolute Gasteiger partial charge is 0.178 e. The first-order valence-electron chi connectivity index (χ1n) is 5.35. The highest BCUT2D eigenvalue weighted by molar-refractivity contribution is 6.30. The number of methoxy groups -OCH3 is 1. The molecule has 0 aliphatic heterocycles. The Labute approximate surface area is 110 Å². The molecule has 2 aromatic rings. The number of halogens is 1. The highest BCUT2D eigenvalue weighted by Gasteiger charge is 2.14. The van der Waals surface area contributed by atoms with Crippen molar-refractivity contribution in [2.75, 3.05) is 7.11 Å². The minimum atomic E-state index is 0.239. The van der Waals surface area contributed by atoms with Crippen molar-refractivity contribution in [3.63, 3.8) is 0 Å². The Hall–Kier alpha value is -1.99. The molecule has 0 saturated carbocycles. The van der Waals surface area contributed by atoms with Crippen LogP contribution in [0.3, 0.4) is 0 Å². The van der Waals surface area contributed by atoms with Gasteiger partial charge < -0.3 is 9.30 Å². The van der Waals surface area contributed by atoms with Crippen LogP contribution < -0.4 is 4.74 Å². The summed E-state index contributed by atoms with van der Waals surface area (Å²) in [6.07, 6.45) is 0. The van der Waals surface area contributed by atoms with E-state index < -0.39 is 0 Å². The molecular formula is C13H12ClN3O. The maximum Gasteiger partial charge on any atom is 0.178 e. The monoisotopic (exact) mass is 261 g/mol. The first-order valence-corrected chi connectivity index (χ1v) is 5.73. The minimum absolute atomic E-state index is 0.239. The highest BCUT2D eigenvalue weighted by atomic mass is 35.5. The van der Waals surface area contributed by atoms with Crippen LogP contribution in [0, 0.1) is 18.3 Å². The molecule has 0 aliphatic carbocycles. The number of hydrogen-bond donors (Lipinski definition) is 0. The van der Waals surface area contributed by atoms with Crippen LogP contribution in [0.1, 0.15) is 11.3 Å². The summed E-state index contributed by atoms with van der Waals surface area (Å²) in [4.78, 5) is 4.22. The molecule has 0 aliphatic rings. The Morgan fingerprint density at radius 1 is 1.44 bits per heavy atom. The Morgan fingerprint density at radius 3 is 2.67 bits per heavy atom. The van der Waals surface area contributed by atoms with E-state index in [4.69, 9.17) is 21.6 Å². The lowest BCUT2D eigenvalue weighted by atomic mass is 10.1. The third-order valence-corrected chi connectivity index (χ3v) is 3.22. The summed E-state index contributed by atoms with van der Waals surface area (Å²) < 4.78 is 6.91. The second kappa shape index (κ2) is 4.71. The van der Waals surface area contributed by atoms with Crippen LogP contribution in [0.2, 0.25) is 5.15 Å². The quantitative estimate of drug-likeness (QED) is 0.835. The number of aromatic nitrogens is 2. The third kappa shape index (κ3) is 1.93. The SMILES string of the molecule is COc1ccc(-c2nc(C#N)c(Cl)n2C)cc1C. The Balaban J connectivity index is 2.56. The second-order valence-corrected chi connectivity index (χ2v) is 4.29. The van der Waals surface area contributed by atoms with Crippen molar-refractivity contribution in [3.05, 3.63) is 34.6 Å². The van der Waals surface area contributed by atoms with E-state index in [1.807, 2.05) is 31.2 Å². The van der Waals surface area contributed by atoms with Crippen molar-refractivity contribution in [1.82, 2.24) is 9.55 Å². The average Bonchev–Trinajstić information content (AvgIpc) is 2.66. The number of hydrogen-bond acceptors (Lipinski definition) is 3. The lowest BCUT2D eigenvalue weighted by Crippen LogP contribution is -1.94. The third-order valence-electron chi connectivity index (χ3n) is 2.78. The fourth-order valence-electron chi connectivity index (χ4n) is 1.83. The number of nitrogens with zero attached hydrogens (tertiary/aromatic N) is 3. The van der Waals surface area contributed by atoms with Crippen molar-refractivity contribution in [2.45, 2.75) is 6.92 Å². The van der Waals surface area contributed by atoms with Crippen molar-refractivity contribution in [1.29, 1.82) is 5.26 Å². The van der Waals surface area contributed by atoms with Gasteiger partial charge in [-0.25, -0.2) is 4.98 Å². The van der Waals surface area contributed by atoms with Gasteiger partial charge in [0.15, 0.2) is 5.69 Å². The molecule has 1 heterocycles. The zero-order chi connectivity index (χ0) is 13.3. The van der Waals surface area contributed by atoms with Crippen LogP contribution in [-0.4, -0.2) is 16.7 Å². The molecule has 5 heteroatoms. The van der Waals surface area contributed by atoms with Crippen LogP contribution in [0.5, 0.6) is 5.75 Å². The summed E-state index contributed by atoms with van der Waals surface area (Å²) in [5, 5.41) is 9.26. The molecule has 0 amide bonds. The summed E-state index contributed by atoms with van der Waals surface area (Å²) in [6, 6.07) is 7.70. The Kier molecular flexibility index (Phi) is 3.26. The molecule has 0 spiro atoms. The van der Waals surface area contributed by atoms with Crippen LogP contribution >= 0.6 is 11.6 Å². The largest absolute Gasteiger partial charge is 0.496 e. The highest BCUT2D eigenvalue weighted by Crippen LogP contribution is 2.28. The van der Waals surface area contributed by atoms with Gasteiger partial charge in [0, 0.05) is 12.6 Å². The normalized spacial score (nSPS) is 10.2. The van der Waals surface area contributed by atoms with Crippen LogP contribution in [0.15, 0.2) is 18.2 Å². The predicted molar refractivity (Wildman–Crippen MR) is 69.7 cm³/mol. The molecule has 4 nitrogen and oxygen atoms in total. The number of aryl methyl sites for hydroxylation is 1. The first-order chi connectivity index (χ1) is 8.58. The molecule has 0 atom stereocenters. The van der Waals surface area contributed by atoms with E-state index in [0.29, 0.717) is 11.0 Å². The Bertz CT molecular complexity index is 640. The topological polar surface area (TPSA) is 50.8 Å². The van der Waals surface area contributed by atoms with Crippen LogP contribution in [-0.2, 0) is 7.05 Å². The van der Waals surface area contributed by atoms with Gasteiger partial charge in [-0.15, -0.1) is 0 Å². The fourth-order valence-corrected chi connectivity index (χ4v) is 1.99. The van der Waals surface area contributed by atoms with E-state index in [1.165, 1.54) is 0 Å². The van der Waals surface area contributed by atoms with Gasteiger partial charge in [-0.3, -0.25) is 0 Å². The summed E-state index contributed by atoms with van der Waals surface area (Å²) in [6.45, 7) is 1.96. The van der Waals surface area contributed by atoms with Gasteiger partial charge in [-0.1, -0.05) is 11.6 Å². The molecule has 1 aromatic carbocycles. The van der Waals surface area contributed by atoms with E-state index in [9.17, 15) is 0 Å². The van der Waals surface area contributed by atoms with Crippen molar-refractivity contribution >= 4 is 11.6 Å². The van der Waals surface area contributed by atoms with E-state index in [2.05, 4.69) is 4.98 Å². The summed E-state index contributed by atoms with van der Waals surface area (Å²) in [5.41, 5.74) is 2.15. The van der Waals surface area contributed by atoms with Crippen molar-refractivity contribution < 1.29 is 4.74 Å². The number of nitriles is 1. The number of ether oxygens (including phenoxy) is 1. The standard InChI is InChI=1S/C13H12ClN3O/c1-8-6-9(4-5-11(8)18-3)13-16-10(7-15)12(14)17(13)2/h4-6H,1-3H3. The maximum atomic E-state index is 8.91. The molecule has 92 valence electrons. The minimum Gasteiger partial charge on any atom is -0.496 e. The van der Waals surface area contributed by atoms with Crippen molar-refractivity contribution in [3.8, 4) is 23.2 Å². The zero-order valence-electron chi connectivity index (χ0n) is 10.4. The predicted octanol–water partition coefficient (Wildman–Crippen LogP) is 2.93. The zero-order valence-corrected chi connectivity index (χ0v) is 11.1. The number of imidazole rings is 1. The van der Waals surface area contributed by atoms with Crippen LogP contribution in [0.4, 0.5) is 0 Å². The van der Waals surface area contributed by atoms with E-state index in [-0.39, 0.29) is 5.69 Å². The molecular weight excluding hydrogens is 250 g/mol. The number of benzene rings is 1. The van der Waals surface area contributed by atoms with Gasteiger partial charge in [0.25, 0.3) is 0 Å². The van der Waals surface area contributed by atoms with Gasteiger partial charge in [-0.05, 0) is 30.7 Å². The molecule has 1 aromatic heterocycles. The number of rotatable bonds is 2.